The molecule has 1 aliphatic carbocycles. The summed E-state index contributed by atoms with van der Waals surface area (Å²) in [5.74, 6) is -0.853. The van der Waals surface area contributed by atoms with Crippen LogP contribution >= 0.6 is 11.6 Å². The molecule has 0 aliphatic heterocycles. The second kappa shape index (κ2) is 6.49. The molecular weight excluding hydrogens is 298 g/mol. The van der Waals surface area contributed by atoms with Gasteiger partial charge in [0.25, 0.3) is 0 Å². The van der Waals surface area contributed by atoms with E-state index in [1.807, 2.05) is 30.3 Å². The van der Waals surface area contributed by atoms with Crippen LogP contribution in [0, 0.1) is 5.92 Å². The molecular formula is C18H18ClNO2. The number of aromatic nitrogens is 1. The van der Waals surface area contributed by atoms with E-state index < -0.39 is 11.9 Å². The minimum absolute atomic E-state index is 0.260. The average molecular weight is 316 g/mol. The van der Waals surface area contributed by atoms with E-state index in [0.717, 1.165) is 42.4 Å². The quantitative estimate of drug-likeness (QED) is 0.885. The van der Waals surface area contributed by atoms with Crippen molar-refractivity contribution in [2.45, 2.75) is 31.6 Å². The summed E-state index contributed by atoms with van der Waals surface area (Å²) in [4.78, 5) is 15.7. The van der Waals surface area contributed by atoms with Crippen LogP contribution in [0.25, 0.3) is 11.1 Å². The van der Waals surface area contributed by atoms with E-state index in [1.54, 1.807) is 12.4 Å². The van der Waals surface area contributed by atoms with E-state index in [1.165, 1.54) is 0 Å². The first-order chi connectivity index (χ1) is 10.6. The van der Waals surface area contributed by atoms with Crippen molar-refractivity contribution in [1.82, 2.24) is 4.98 Å². The number of carbonyl (C=O) groups is 1. The lowest BCUT2D eigenvalue weighted by molar-refractivity contribution is -0.140. The first-order valence-electron chi connectivity index (χ1n) is 7.59. The Kier molecular flexibility index (Phi) is 4.44. The second-order valence-electron chi connectivity index (χ2n) is 5.87. The second-order valence-corrected chi connectivity index (χ2v) is 6.31. The molecule has 1 N–H and O–H groups in total. The number of hydrogen-bond acceptors (Lipinski definition) is 2. The van der Waals surface area contributed by atoms with Gasteiger partial charge in [-0.2, -0.15) is 0 Å². The molecule has 1 aromatic carbocycles. The fourth-order valence-electron chi connectivity index (χ4n) is 3.36. The highest BCUT2D eigenvalue weighted by Gasteiger charge is 2.31. The zero-order chi connectivity index (χ0) is 15.5. The van der Waals surface area contributed by atoms with Gasteiger partial charge in [0.05, 0.1) is 10.9 Å². The number of rotatable bonds is 4. The Morgan fingerprint density at radius 2 is 1.82 bits per heavy atom. The number of carboxylic acid groups (broad SMARTS) is 1. The number of aliphatic carboxylic acids is 1. The normalized spacial score (nSPS) is 16.6. The van der Waals surface area contributed by atoms with Gasteiger partial charge in [-0.15, -0.1) is 0 Å². The van der Waals surface area contributed by atoms with E-state index in [-0.39, 0.29) is 5.92 Å². The third-order valence-electron chi connectivity index (χ3n) is 4.45. The molecule has 1 saturated carbocycles. The first-order valence-corrected chi connectivity index (χ1v) is 7.96. The largest absolute Gasteiger partial charge is 0.481 e. The smallest absolute Gasteiger partial charge is 0.311 e. The lowest BCUT2D eigenvalue weighted by Crippen LogP contribution is -2.19. The maximum atomic E-state index is 11.7. The molecule has 22 heavy (non-hydrogen) atoms. The lowest BCUT2D eigenvalue weighted by atomic mass is 9.84. The fraction of sp³-hybridized carbons (Fsp3) is 0.333. The molecule has 0 unspecified atom stereocenters. The SMILES string of the molecule is O=C(O)[C@@H](c1ccc(-c2cncc(Cl)c2)cc1)C1CCCC1. The number of benzene rings is 1. The van der Waals surface area contributed by atoms with Crippen LogP contribution < -0.4 is 0 Å². The van der Waals surface area contributed by atoms with Gasteiger partial charge in [-0.05, 0) is 36.0 Å². The zero-order valence-corrected chi connectivity index (χ0v) is 13.0. The molecule has 0 amide bonds. The van der Waals surface area contributed by atoms with Gasteiger partial charge >= 0.3 is 5.97 Å². The Labute approximate surface area is 135 Å². The number of nitrogens with zero attached hydrogens (tertiary/aromatic N) is 1. The summed E-state index contributed by atoms with van der Waals surface area (Å²) in [6.07, 6.45) is 7.65. The van der Waals surface area contributed by atoms with Crippen LogP contribution in [-0.2, 0) is 4.79 Å². The van der Waals surface area contributed by atoms with Gasteiger partial charge < -0.3 is 5.11 Å². The molecule has 0 spiro atoms. The molecule has 0 radical (unpaired) electrons. The van der Waals surface area contributed by atoms with Crippen molar-refractivity contribution in [3.8, 4) is 11.1 Å². The van der Waals surface area contributed by atoms with Crippen LogP contribution in [0.5, 0.6) is 0 Å². The van der Waals surface area contributed by atoms with Gasteiger partial charge in [-0.25, -0.2) is 0 Å². The number of carboxylic acids is 1. The summed E-state index contributed by atoms with van der Waals surface area (Å²) in [5.41, 5.74) is 2.82. The zero-order valence-electron chi connectivity index (χ0n) is 12.2. The molecule has 4 heteroatoms. The highest BCUT2D eigenvalue weighted by molar-refractivity contribution is 6.30. The van der Waals surface area contributed by atoms with Crippen LogP contribution in [0.4, 0.5) is 0 Å². The minimum Gasteiger partial charge on any atom is -0.481 e. The Morgan fingerprint density at radius 3 is 2.41 bits per heavy atom. The number of hydrogen-bond donors (Lipinski definition) is 1. The molecule has 1 aromatic heterocycles. The summed E-state index contributed by atoms with van der Waals surface area (Å²) >= 11 is 5.96. The summed E-state index contributed by atoms with van der Waals surface area (Å²) in [5, 5.41) is 10.2. The van der Waals surface area contributed by atoms with Crippen molar-refractivity contribution in [2.24, 2.45) is 5.92 Å². The van der Waals surface area contributed by atoms with Crippen LogP contribution in [-0.4, -0.2) is 16.1 Å². The highest BCUT2D eigenvalue weighted by atomic mass is 35.5. The predicted octanol–water partition coefficient (Wildman–Crippen LogP) is 4.76. The molecule has 1 atom stereocenters. The summed E-state index contributed by atoms with van der Waals surface area (Å²) in [7, 11) is 0. The lowest BCUT2D eigenvalue weighted by Gasteiger charge is -2.19. The molecule has 1 heterocycles. The van der Waals surface area contributed by atoms with Crippen LogP contribution in [0.2, 0.25) is 5.02 Å². The third kappa shape index (κ3) is 3.14. The van der Waals surface area contributed by atoms with E-state index in [0.29, 0.717) is 5.02 Å². The van der Waals surface area contributed by atoms with Crippen molar-refractivity contribution in [3.05, 3.63) is 53.3 Å². The molecule has 3 rings (SSSR count). The van der Waals surface area contributed by atoms with Crippen molar-refractivity contribution in [3.63, 3.8) is 0 Å². The molecule has 2 aromatic rings. The van der Waals surface area contributed by atoms with Crippen LogP contribution in [0.1, 0.15) is 37.2 Å². The van der Waals surface area contributed by atoms with E-state index in [9.17, 15) is 9.90 Å². The predicted molar refractivity (Wildman–Crippen MR) is 87.0 cm³/mol. The topological polar surface area (TPSA) is 50.2 Å². The first kappa shape index (κ1) is 15.0. The highest BCUT2D eigenvalue weighted by Crippen LogP contribution is 2.38. The molecule has 0 saturated heterocycles. The van der Waals surface area contributed by atoms with Crippen molar-refractivity contribution in [2.75, 3.05) is 0 Å². The van der Waals surface area contributed by atoms with Crippen LogP contribution in [0.15, 0.2) is 42.7 Å². The van der Waals surface area contributed by atoms with E-state index in [4.69, 9.17) is 11.6 Å². The van der Waals surface area contributed by atoms with Gasteiger partial charge in [0.15, 0.2) is 0 Å². The van der Waals surface area contributed by atoms with Gasteiger partial charge in [0.2, 0.25) is 0 Å². The Balaban J connectivity index is 1.87. The van der Waals surface area contributed by atoms with Crippen molar-refractivity contribution >= 4 is 17.6 Å². The molecule has 114 valence electrons. The molecule has 3 nitrogen and oxygen atoms in total. The monoisotopic (exact) mass is 315 g/mol. The van der Waals surface area contributed by atoms with E-state index in [2.05, 4.69) is 4.98 Å². The van der Waals surface area contributed by atoms with E-state index >= 15 is 0 Å². The molecule has 0 bridgehead atoms. The van der Waals surface area contributed by atoms with Crippen molar-refractivity contribution < 1.29 is 9.90 Å². The third-order valence-corrected chi connectivity index (χ3v) is 4.65. The minimum atomic E-state index is -0.718. The standard InChI is InChI=1S/C18H18ClNO2/c19-16-9-15(10-20-11-16)12-5-7-14(8-6-12)17(18(21)22)13-3-1-2-4-13/h5-11,13,17H,1-4H2,(H,21,22)/t17-/m1/s1. The summed E-state index contributed by atoms with van der Waals surface area (Å²) < 4.78 is 0. The average Bonchev–Trinajstić information content (AvgIpc) is 3.02. The molecule has 1 fully saturated rings. The Hall–Kier alpha value is -1.87. The van der Waals surface area contributed by atoms with Gasteiger partial charge in [-0.3, -0.25) is 9.78 Å². The van der Waals surface area contributed by atoms with Crippen LogP contribution in [0.3, 0.4) is 0 Å². The fourth-order valence-corrected chi connectivity index (χ4v) is 3.53. The van der Waals surface area contributed by atoms with Crippen molar-refractivity contribution in [1.29, 1.82) is 0 Å². The van der Waals surface area contributed by atoms with Gasteiger partial charge in [0.1, 0.15) is 0 Å². The summed E-state index contributed by atoms with van der Waals surface area (Å²) in [6.45, 7) is 0. The molecule has 1 aliphatic rings. The number of halogens is 1. The Morgan fingerprint density at radius 1 is 1.14 bits per heavy atom. The maximum absolute atomic E-state index is 11.7. The Bertz CT molecular complexity index is 663. The maximum Gasteiger partial charge on any atom is 0.311 e. The van der Waals surface area contributed by atoms with Gasteiger partial charge in [-0.1, -0.05) is 48.7 Å². The van der Waals surface area contributed by atoms with Gasteiger partial charge in [0, 0.05) is 18.0 Å². The summed E-state index contributed by atoms with van der Waals surface area (Å²) in [6, 6.07) is 9.61. The number of pyridine rings is 1.